The highest BCUT2D eigenvalue weighted by Gasteiger charge is 2.17. The van der Waals surface area contributed by atoms with E-state index in [0.717, 1.165) is 18.4 Å². The van der Waals surface area contributed by atoms with E-state index in [0.29, 0.717) is 12.4 Å². The van der Waals surface area contributed by atoms with Crippen molar-refractivity contribution in [3.8, 4) is 5.75 Å². The summed E-state index contributed by atoms with van der Waals surface area (Å²) in [6.45, 7) is 6.04. The number of benzene rings is 1. The molecule has 1 rings (SSSR count). The zero-order chi connectivity index (χ0) is 12.0. The van der Waals surface area contributed by atoms with E-state index in [1.165, 1.54) is 6.66 Å². The fourth-order valence-electron chi connectivity index (χ4n) is 1.19. The highest BCUT2D eigenvalue weighted by Crippen LogP contribution is 2.44. The lowest BCUT2D eigenvalue weighted by Crippen LogP contribution is -1.98. The minimum absolute atomic E-state index is 0.482. The molecule has 0 aliphatic heterocycles. The second-order valence-corrected chi connectivity index (χ2v) is 5.85. The first-order valence-corrected chi connectivity index (χ1v) is 7.51. The zero-order valence-electron chi connectivity index (χ0n) is 10.1. The molecule has 0 aromatic heterocycles. The SMILES string of the molecule is CCCCOP(C)(=O)Oc1ccc(C)cc1. The molecule has 0 aliphatic carbocycles. The van der Waals surface area contributed by atoms with Crippen molar-refractivity contribution in [2.45, 2.75) is 26.7 Å². The summed E-state index contributed by atoms with van der Waals surface area (Å²) in [5, 5.41) is 0. The molecule has 0 radical (unpaired) electrons. The van der Waals surface area contributed by atoms with Crippen molar-refractivity contribution in [2.24, 2.45) is 0 Å². The molecule has 0 amide bonds. The fraction of sp³-hybridized carbons (Fsp3) is 0.500. The molecule has 1 unspecified atom stereocenters. The Bertz CT molecular complexity index is 359. The van der Waals surface area contributed by atoms with E-state index in [-0.39, 0.29) is 0 Å². The van der Waals surface area contributed by atoms with E-state index in [1.807, 2.05) is 19.1 Å². The van der Waals surface area contributed by atoms with Gasteiger partial charge in [-0.05, 0) is 25.5 Å². The maximum absolute atomic E-state index is 11.9. The van der Waals surface area contributed by atoms with Gasteiger partial charge >= 0.3 is 7.60 Å². The molecule has 1 aromatic carbocycles. The number of hydrogen-bond acceptors (Lipinski definition) is 3. The van der Waals surface area contributed by atoms with Gasteiger partial charge in [-0.2, -0.15) is 0 Å². The highest BCUT2D eigenvalue weighted by atomic mass is 31.2. The largest absolute Gasteiger partial charge is 0.425 e. The van der Waals surface area contributed by atoms with Crippen molar-refractivity contribution in [1.29, 1.82) is 0 Å². The summed E-state index contributed by atoms with van der Waals surface area (Å²) in [7, 11) is -2.96. The van der Waals surface area contributed by atoms with Crippen LogP contribution in [0.2, 0.25) is 0 Å². The van der Waals surface area contributed by atoms with E-state index < -0.39 is 7.60 Å². The van der Waals surface area contributed by atoms with Crippen LogP contribution in [-0.2, 0) is 9.09 Å². The summed E-state index contributed by atoms with van der Waals surface area (Å²) in [6.07, 6.45) is 1.92. The van der Waals surface area contributed by atoms with Gasteiger partial charge in [0.05, 0.1) is 6.61 Å². The quantitative estimate of drug-likeness (QED) is 0.558. The second-order valence-electron chi connectivity index (χ2n) is 3.86. The van der Waals surface area contributed by atoms with E-state index in [1.54, 1.807) is 12.1 Å². The van der Waals surface area contributed by atoms with Gasteiger partial charge < -0.3 is 4.52 Å². The van der Waals surface area contributed by atoms with Crippen LogP contribution in [0.1, 0.15) is 25.3 Å². The molecule has 90 valence electrons. The van der Waals surface area contributed by atoms with Crippen molar-refractivity contribution in [3.05, 3.63) is 29.8 Å². The normalized spacial score (nSPS) is 14.4. The Hall–Kier alpha value is -0.790. The predicted molar refractivity (Wildman–Crippen MR) is 66.2 cm³/mol. The molecule has 0 bridgehead atoms. The monoisotopic (exact) mass is 242 g/mol. The van der Waals surface area contributed by atoms with Gasteiger partial charge in [0.15, 0.2) is 0 Å². The van der Waals surface area contributed by atoms with Crippen LogP contribution >= 0.6 is 7.60 Å². The van der Waals surface area contributed by atoms with Crippen LogP contribution in [-0.4, -0.2) is 13.3 Å². The number of rotatable bonds is 6. The molecule has 0 spiro atoms. The van der Waals surface area contributed by atoms with E-state index in [2.05, 4.69) is 6.92 Å². The summed E-state index contributed by atoms with van der Waals surface area (Å²) in [5.74, 6) is 0.591. The molecular weight excluding hydrogens is 223 g/mol. The first-order valence-electron chi connectivity index (χ1n) is 5.52. The fourth-order valence-corrected chi connectivity index (χ4v) is 2.21. The second kappa shape index (κ2) is 6.07. The molecule has 1 atom stereocenters. The number of hydrogen-bond donors (Lipinski definition) is 0. The Morgan fingerprint density at radius 1 is 1.25 bits per heavy atom. The van der Waals surface area contributed by atoms with Crippen LogP contribution in [0.25, 0.3) is 0 Å². The highest BCUT2D eigenvalue weighted by molar-refractivity contribution is 7.53. The van der Waals surface area contributed by atoms with Gasteiger partial charge in [-0.1, -0.05) is 31.0 Å². The van der Waals surface area contributed by atoms with Crippen molar-refractivity contribution in [1.82, 2.24) is 0 Å². The van der Waals surface area contributed by atoms with Crippen LogP contribution in [0.3, 0.4) is 0 Å². The number of aryl methyl sites for hydroxylation is 1. The lowest BCUT2D eigenvalue weighted by atomic mass is 10.2. The third-order valence-corrected chi connectivity index (χ3v) is 3.31. The molecule has 0 N–H and O–H groups in total. The molecule has 0 saturated heterocycles. The van der Waals surface area contributed by atoms with Crippen LogP contribution in [0.5, 0.6) is 5.75 Å². The van der Waals surface area contributed by atoms with Gasteiger partial charge in [0.25, 0.3) is 0 Å². The summed E-state index contributed by atoms with van der Waals surface area (Å²) in [6, 6.07) is 7.44. The molecule has 1 aromatic rings. The minimum Gasteiger partial charge on any atom is -0.425 e. The van der Waals surface area contributed by atoms with E-state index in [9.17, 15) is 4.57 Å². The molecule has 16 heavy (non-hydrogen) atoms. The van der Waals surface area contributed by atoms with Gasteiger partial charge in [0, 0.05) is 6.66 Å². The van der Waals surface area contributed by atoms with Crippen LogP contribution in [0, 0.1) is 6.92 Å². The Morgan fingerprint density at radius 3 is 2.44 bits per heavy atom. The van der Waals surface area contributed by atoms with E-state index in [4.69, 9.17) is 9.05 Å². The number of unbranched alkanes of at least 4 members (excludes halogenated alkanes) is 1. The average Bonchev–Trinajstić information content (AvgIpc) is 2.21. The maximum atomic E-state index is 11.9. The van der Waals surface area contributed by atoms with Gasteiger partial charge in [0.2, 0.25) is 0 Å². The van der Waals surface area contributed by atoms with Crippen molar-refractivity contribution < 1.29 is 13.6 Å². The summed E-state index contributed by atoms with van der Waals surface area (Å²) in [4.78, 5) is 0. The third-order valence-electron chi connectivity index (χ3n) is 2.12. The Labute approximate surface area is 97.3 Å². The Morgan fingerprint density at radius 2 is 1.88 bits per heavy atom. The van der Waals surface area contributed by atoms with Gasteiger partial charge in [-0.25, -0.2) is 4.57 Å². The lowest BCUT2D eigenvalue weighted by Gasteiger charge is -2.15. The molecule has 0 heterocycles. The first kappa shape index (κ1) is 13.3. The minimum atomic E-state index is -2.96. The van der Waals surface area contributed by atoms with Crippen LogP contribution in [0.4, 0.5) is 0 Å². The van der Waals surface area contributed by atoms with Crippen LogP contribution in [0.15, 0.2) is 24.3 Å². The molecule has 0 aliphatic rings. The molecule has 4 heteroatoms. The Balaban J connectivity index is 2.51. The lowest BCUT2D eigenvalue weighted by molar-refractivity contribution is 0.265. The summed E-state index contributed by atoms with van der Waals surface area (Å²) < 4.78 is 22.5. The summed E-state index contributed by atoms with van der Waals surface area (Å²) in [5.41, 5.74) is 1.14. The first-order chi connectivity index (χ1) is 7.53. The van der Waals surface area contributed by atoms with Crippen molar-refractivity contribution in [2.75, 3.05) is 13.3 Å². The third kappa shape index (κ3) is 4.82. The smallest absolute Gasteiger partial charge is 0.376 e. The van der Waals surface area contributed by atoms with Crippen molar-refractivity contribution in [3.63, 3.8) is 0 Å². The topological polar surface area (TPSA) is 35.5 Å². The standard InChI is InChI=1S/C12H19O3P/c1-4-5-10-14-16(3,13)15-12-8-6-11(2)7-9-12/h6-9H,4-5,10H2,1-3H3. The zero-order valence-corrected chi connectivity index (χ0v) is 11.0. The summed E-state index contributed by atoms with van der Waals surface area (Å²) >= 11 is 0. The van der Waals surface area contributed by atoms with Gasteiger partial charge in [-0.15, -0.1) is 0 Å². The van der Waals surface area contributed by atoms with Crippen molar-refractivity contribution >= 4 is 7.60 Å². The van der Waals surface area contributed by atoms with E-state index >= 15 is 0 Å². The molecule has 0 saturated carbocycles. The van der Waals surface area contributed by atoms with Gasteiger partial charge in [-0.3, -0.25) is 4.52 Å². The molecule has 0 fully saturated rings. The average molecular weight is 242 g/mol. The molecular formula is C12H19O3P. The molecule has 3 nitrogen and oxygen atoms in total. The Kier molecular flexibility index (Phi) is 5.04. The van der Waals surface area contributed by atoms with Crippen LogP contribution < -0.4 is 4.52 Å². The maximum Gasteiger partial charge on any atom is 0.376 e. The van der Waals surface area contributed by atoms with Gasteiger partial charge in [0.1, 0.15) is 5.75 Å². The predicted octanol–water partition coefficient (Wildman–Crippen LogP) is 4.01.